The fourth-order valence-electron chi connectivity index (χ4n) is 2.42. The third-order valence-corrected chi connectivity index (χ3v) is 3.59. The summed E-state index contributed by atoms with van der Waals surface area (Å²) in [6.45, 7) is -0.482. The molecule has 27 heavy (non-hydrogen) atoms. The average Bonchev–Trinajstić information content (AvgIpc) is 2.60. The number of hydrogen-bond donors (Lipinski definition) is 3. The minimum absolute atomic E-state index is 0.00950. The van der Waals surface area contributed by atoms with Crippen LogP contribution in [0.3, 0.4) is 0 Å². The molecule has 10 heteroatoms. The van der Waals surface area contributed by atoms with Gasteiger partial charge < -0.3 is 29.3 Å². The van der Waals surface area contributed by atoms with Gasteiger partial charge in [0.15, 0.2) is 16.9 Å². The Morgan fingerprint density at radius 2 is 1.78 bits per heavy atom. The van der Waals surface area contributed by atoms with Crippen LogP contribution in [0.25, 0.3) is 22.3 Å². The van der Waals surface area contributed by atoms with Gasteiger partial charge in [-0.1, -0.05) is 0 Å². The van der Waals surface area contributed by atoms with Gasteiger partial charge in [-0.05, 0) is 18.2 Å². The van der Waals surface area contributed by atoms with Gasteiger partial charge in [-0.3, -0.25) is 4.79 Å². The van der Waals surface area contributed by atoms with Gasteiger partial charge in [-0.2, -0.15) is 0 Å². The van der Waals surface area contributed by atoms with E-state index in [0.29, 0.717) is 5.56 Å². The SMILES string of the molecule is O=c1cc(-c2ccc(O)c(O)c2)oc2cc(OCCO[N+](=O)[O-])cc(O)c12. The van der Waals surface area contributed by atoms with Gasteiger partial charge in [0.2, 0.25) is 0 Å². The van der Waals surface area contributed by atoms with Crippen molar-refractivity contribution in [2.24, 2.45) is 0 Å². The molecule has 0 unspecified atom stereocenters. The highest BCUT2D eigenvalue weighted by molar-refractivity contribution is 5.86. The molecule has 0 bridgehead atoms. The summed E-state index contributed by atoms with van der Waals surface area (Å²) < 4.78 is 10.9. The first-order valence-electron chi connectivity index (χ1n) is 7.58. The quantitative estimate of drug-likeness (QED) is 0.254. The van der Waals surface area contributed by atoms with Crippen molar-refractivity contribution in [2.75, 3.05) is 13.2 Å². The fourth-order valence-corrected chi connectivity index (χ4v) is 2.42. The van der Waals surface area contributed by atoms with Gasteiger partial charge in [0, 0.05) is 23.8 Å². The molecule has 2 aromatic carbocycles. The first-order valence-corrected chi connectivity index (χ1v) is 7.58. The Labute approximate surface area is 150 Å². The topological polar surface area (TPSA) is 152 Å². The van der Waals surface area contributed by atoms with Crippen LogP contribution in [0.2, 0.25) is 0 Å². The van der Waals surface area contributed by atoms with Gasteiger partial charge in [-0.15, -0.1) is 10.1 Å². The number of benzene rings is 2. The number of aromatic hydroxyl groups is 3. The van der Waals surface area contributed by atoms with Crippen molar-refractivity contribution in [3.05, 3.63) is 56.7 Å². The molecule has 0 radical (unpaired) electrons. The third kappa shape index (κ3) is 3.84. The maximum atomic E-state index is 12.3. The number of nitrogens with zero attached hydrogens (tertiary/aromatic N) is 1. The van der Waals surface area contributed by atoms with E-state index in [1.807, 2.05) is 0 Å². The van der Waals surface area contributed by atoms with E-state index in [0.717, 1.165) is 6.07 Å². The summed E-state index contributed by atoms with van der Waals surface area (Å²) in [4.78, 5) is 26.5. The van der Waals surface area contributed by atoms with Crippen LogP contribution in [0.1, 0.15) is 0 Å². The summed E-state index contributed by atoms with van der Waals surface area (Å²) in [6, 6.07) is 7.55. The van der Waals surface area contributed by atoms with Crippen molar-refractivity contribution >= 4 is 11.0 Å². The smallest absolute Gasteiger partial charge is 0.294 e. The van der Waals surface area contributed by atoms with Gasteiger partial charge >= 0.3 is 0 Å². The van der Waals surface area contributed by atoms with Crippen LogP contribution in [0.5, 0.6) is 23.0 Å². The summed E-state index contributed by atoms with van der Waals surface area (Å²) >= 11 is 0. The van der Waals surface area contributed by atoms with Crippen LogP contribution >= 0.6 is 0 Å². The third-order valence-electron chi connectivity index (χ3n) is 3.59. The number of fused-ring (bicyclic) bond motifs is 1. The zero-order chi connectivity index (χ0) is 19.6. The Balaban J connectivity index is 1.98. The molecule has 10 nitrogen and oxygen atoms in total. The molecule has 0 saturated heterocycles. The number of rotatable bonds is 6. The number of hydrogen-bond acceptors (Lipinski definition) is 9. The van der Waals surface area contributed by atoms with E-state index in [-0.39, 0.29) is 52.9 Å². The molecular weight excluding hydrogens is 362 g/mol. The summed E-state index contributed by atoms with van der Waals surface area (Å²) in [7, 11) is 0. The second-order valence-electron chi connectivity index (χ2n) is 5.40. The van der Waals surface area contributed by atoms with E-state index in [1.54, 1.807) is 0 Å². The summed E-state index contributed by atoms with van der Waals surface area (Å²) in [5.41, 5.74) is -0.190. The molecule has 0 amide bonds. The van der Waals surface area contributed by atoms with E-state index in [1.165, 1.54) is 30.3 Å². The van der Waals surface area contributed by atoms with Gasteiger partial charge in [0.05, 0.1) is 0 Å². The zero-order valence-corrected chi connectivity index (χ0v) is 13.6. The molecule has 3 rings (SSSR count). The first-order chi connectivity index (χ1) is 12.8. The van der Waals surface area contributed by atoms with Gasteiger partial charge in [0.25, 0.3) is 5.09 Å². The molecule has 0 saturated carbocycles. The van der Waals surface area contributed by atoms with Crippen molar-refractivity contribution < 1.29 is 34.4 Å². The number of phenols is 3. The van der Waals surface area contributed by atoms with E-state index >= 15 is 0 Å². The van der Waals surface area contributed by atoms with Crippen molar-refractivity contribution in [1.29, 1.82) is 0 Å². The summed E-state index contributed by atoms with van der Waals surface area (Å²) in [6.07, 6.45) is 0. The lowest BCUT2D eigenvalue weighted by molar-refractivity contribution is -0.757. The van der Waals surface area contributed by atoms with Crippen molar-refractivity contribution in [3.63, 3.8) is 0 Å². The van der Waals surface area contributed by atoms with E-state index in [2.05, 4.69) is 4.84 Å². The van der Waals surface area contributed by atoms with Crippen LogP contribution in [-0.4, -0.2) is 33.6 Å². The Morgan fingerprint density at radius 1 is 1.00 bits per heavy atom. The second kappa shape index (κ2) is 7.12. The number of ether oxygens (including phenoxy) is 1. The van der Waals surface area contributed by atoms with E-state index in [9.17, 15) is 30.2 Å². The molecule has 1 aromatic heterocycles. The molecule has 0 atom stereocenters. The minimum Gasteiger partial charge on any atom is -0.507 e. The monoisotopic (exact) mass is 375 g/mol. The molecule has 0 aliphatic heterocycles. The summed E-state index contributed by atoms with van der Waals surface area (Å²) in [5, 5.41) is 38.1. The predicted octanol–water partition coefficient (Wildman–Crippen LogP) is 2.16. The molecule has 140 valence electrons. The predicted molar refractivity (Wildman–Crippen MR) is 91.4 cm³/mol. The Bertz CT molecular complexity index is 1070. The normalized spacial score (nSPS) is 10.7. The Morgan fingerprint density at radius 3 is 2.48 bits per heavy atom. The molecule has 1 heterocycles. The standard InChI is InChI=1S/C17H13NO9/c19-11-2-1-9(5-12(11)20)15-8-14(22)17-13(21)6-10(7-16(17)27-15)25-3-4-26-18(23)24/h1-2,5-8,19-21H,3-4H2. The highest BCUT2D eigenvalue weighted by Gasteiger charge is 2.14. The van der Waals surface area contributed by atoms with Gasteiger partial charge in [-0.25, -0.2) is 0 Å². The maximum absolute atomic E-state index is 12.3. The van der Waals surface area contributed by atoms with Crippen LogP contribution in [0.15, 0.2) is 45.6 Å². The zero-order valence-electron chi connectivity index (χ0n) is 13.6. The lowest BCUT2D eigenvalue weighted by Crippen LogP contribution is -2.10. The Hall–Kier alpha value is -3.95. The van der Waals surface area contributed by atoms with E-state index in [4.69, 9.17) is 9.15 Å². The van der Waals surface area contributed by atoms with Crippen LogP contribution in [0.4, 0.5) is 0 Å². The molecule has 0 fully saturated rings. The highest BCUT2D eigenvalue weighted by Crippen LogP contribution is 2.33. The first kappa shape index (κ1) is 17.9. The lowest BCUT2D eigenvalue weighted by atomic mass is 10.1. The fraction of sp³-hybridized carbons (Fsp3) is 0.118. The van der Waals surface area contributed by atoms with Crippen LogP contribution in [0, 0.1) is 10.1 Å². The largest absolute Gasteiger partial charge is 0.507 e. The van der Waals surface area contributed by atoms with Crippen molar-refractivity contribution in [3.8, 4) is 34.3 Å². The molecule has 0 aliphatic carbocycles. The Kier molecular flexibility index (Phi) is 4.71. The van der Waals surface area contributed by atoms with Gasteiger partial charge in [0.1, 0.15) is 41.4 Å². The maximum Gasteiger partial charge on any atom is 0.294 e. The molecule has 3 aromatic rings. The molecule has 0 aliphatic rings. The van der Waals surface area contributed by atoms with Crippen LogP contribution < -0.4 is 10.2 Å². The molecular formula is C17H13NO9. The lowest BCUT2D eigenvalue weighted by Gasteiger charge is -2.09. The average molecular weight is 375 g/mol. The van der Waals surface area contributed by atoms with E-state index < -0.39 is 10.5 Å². The number of phenolic OH excluding ortho intramolecular Hbond substituents is 3. The highest BCUT2D eigenvalue weighted by atomic mass is 17.0. The summed E-state index contributed by atoms with van der Waals surface area (Å²) in [5.74, 6) is -0.892. The van der Waals surface area contributed by atoms with Crippen molar-refractivity contribution in [2.45, 2.75) is 0 Å². The molecule has 3 N–H and O–H groups in total. The van der Waals surface area contributed by atoms with Crippen LogP contribution in [-0.2, 0) is 4.84 Å². The minimum atomic E-state index is -0.959. The molecule has 0 spiro atoms. The second-order valence-corrected chi connectivity index (χ2v) is 5.40. The van der Waals surface area contributed by atoms with Crippen molar-refractivity contribution in [1.82, 2.24) is 0 Å².